The Balaban J connectivity index is 1.60. The van der Waals surface area contributed by atoms with Crippen molar-refractivity contribution in [3.05, 3.63) is 113 Å². The van der Waals surface area contributed by atoms with Gasteiger partial charge in [0, 0.05) is 12.1 Å². The van der Waals surface area contributed by atoms with E-state index in [1.807, 2.05) is 0 Å². The summed E-state index contributed by atoms with van der Waals surface area (Å²) in [6, 6.07) is 19.9. The van der Waals surface area contributed by atoms with Crippen molar-refractivity contribution in [2.24, 2.45) is 0 Å². The quantitative estimate of drug-likeness (QED) is 0.515. The maximum absolute atomic E-state index is 13.4. The molecule has 31 heavy (non-hydrogen) atoms. The SMILES string of the molecule is O=C(Nc1ccccc1Oc1cccc(F)c1)c1ccc(=O)n(-c2ccc(F)cc2)n1. The summed E-state index contributed by atoms with van der Waals surface area (Å²) < 4.78 is 33.3. The van der Waals surface area contributed by atoms with Crippen molar-refractivity contribution in [2.45, 2.75) is 0 Å². The highest BCUT2D eigenvalue weighted by atomic mass is 19.1. The van der Waals surface area contributed by atoms with E-state index in [2.05, 4.69) is 10.4 Å². The van der Waals surface area contributed by atoms with Gasteiger partial charge in [0.15, 0.2) is 5.75 Å². The van der Waals surface area contributed by atoms with Crippen molar-refractivity contribution in [3.63, 3.8) is 0 Å². The Labute approximate surface area is 175 Å². The van der Waals surface area contributed by atoms with Gasteiger partial charge in [-0.15, -0.1) is 0 Å². The minimum absolute atomic E-state index is 0.0375. The Morgan fingerprint density at radius 2 is 1.65 bits per heavy atom. The summed E-state index contributed by atoms with van der Waals surface area (Å²) in [7, 11) is 0. The van der Waals surface area contributed by atoms with Gasteiger partial charge in [-0.1, -0.05) is 18.2 Å². The van der Waals surface area contributed by atoms with E-state index in [-0.39, 0.29) is 11.4 Å². The van der Waals surface area contributed by atoms with Crippen molar-refractivity contribution in [2.75, 3.05) is 5.32 Å². The number of rotatable bonds is 5. The molecule has 0 aliphatic heterocycles. The third-order valence-electron chi connectivity index (χ3n) is 4.26. The molecule has 0 unspecified atom stereocenters. The smallest absolute Gasteiger partial charge is 0.276 e. The Morgan fingerprint density at radius 1 is 0.871 bits per heavy atom. The normalized spacial score (nSPS) is 10.5. The van der Waals surface area contributed by atoms with Gasteiger partial charge < -0.3 is 10.1 Å². The number of hydrogen-bond acceptors (Lipinski definition) is 4. The number of carbonyl (C=O) groups excluding carboxylic acids is 1. The topological polar surface area (TPSA) is 73.2 Å². The highest BCUT2D eigenvalue weighted by Crippen LogP contribution is 2.29. The van der Waals surface area contributed by atoms with Gasteiger partial charge in [0.25, 0.3) is 11.5 Å². The van der Waals surface area contributed by atoms with E-state index in [1.165, 1.54) is 54.6 Å². The minimum Gasteiger partial charge on any atom is -0.455 e. The van der Waals surface area contributed by atoms with Gasteiger partial charge in [-0.2, -0.15) is 9.78 Å². The van der Waals surface area contributed by atoms with Crippen LogP contribution in [0.5, 0.6) is 11.5 Å². The van der Waals surface area contributed by atoms with Gasteiger partial charge in [0.1, 0.15) is 23.1 Å². The second-order valence-electron chi connectivity index (χ2n) is 6.45. The number of carbonyl (C=O) groups is 1. The minimum atomic E-state index is -0.592. The molecule has 0 atom stereocenters. The summed E-state index contributed by atoms with van der Waals surface area (Å²) in [4.78, 5) is 24.9. The number of hydrogen-bond donors (Lipinski definition) is 1. The first-order chi connectivity index (χ1) is 15.0. The van der Waals surface area contributed by atoms with Crippen molar-refractivity contribution in [3.8, 4) is 17.2 Å². The lowest BCUT2D eigenvalue weighted by Crippen LogP contribution is -2.25. The summed E-state index contributed by atoms with van der Waals surface area (Å²) in [5, 5.41) is 6.75. The highest BCUT2D eigenvalue weighted by Gasteiger charge is 2.14. The highest BCUT2D eigenvalue weighted by molar-refractivity contribution is 6.03. The number of anilines is 1. The number of ether oxygens (including phenoxy) is 1. The fourth-order valence-electron chi connectivity index (χ4n) is 2.80. The summed E-state index contributed by atoms with van der Waals surface area (Å²) in [6.45, 7) is 0. The van der Waals surface area contributed by atoms with Crippen LogP contribution in [0, 0.1) is 11.6 Å². The van der Waals surface area contributed by atoms with Gasteiger partial charge in [0.05, 0.1) is 11.4 Å². The molecule has 0 radical (unpaired) electrons. The average molecular weight is 419 g/mol. The molecule has 0 fully saturated rings. The molecule has 1 aromatic heterocycles. The molecule has 0 bridgehead atoms. The zero-order chi connectivity index (χ0) is 21.8. The summed E-state index contributed by atoms with van der Waals surface area (Å²) in [5.74, 6) is -0.934. The first-order valence-corrected chi connectivity index (χ1v) is 9.20. The van der Waals surface area contributed by atoms with Crippen molar-refractivity contribution in [1.82, 2.24) is 9.78 Å². The molecule has 4 rings (SSSR count). The van der Waals surface area contributed by atoms with Crippen LogP contribution < -0.4 is 15.6 Å². The fraction of sp³-hybridized carbons (Fsp3) is 0. The zero-order valence-electron chi connectivity index (χ0n) is 16.0. The lowest BCUT2D eigenvalue weighted by Gasteiger charge is -2.12. The van der Waals surface area contributed by atoms with Gasteiger partial charge in [-0.05, 0) is 54.6 Å². The van der Waals surface area contributed by atoms with Crippen molar-refractivity contribution in [1.29, 1.82) is 0 Å². The third-order valence-corrected chi connectivity index (χ3v) is 4.26. The molecular formula is C23H15F2N3O3. The lowest BCUT2D eigenvalue weighted by atomic mass is 10.2. The molecule has 154 valence electrons. The molecule has 0 saturated heterocycles. The summed E-state index contributed by atoms with van der Waals surface area (Å²) in [5.41, 5.74) is 0.136. The molecule has 0 aliphatic rings. The van der Waals surface area contributed by atoms with Crippen LogP contribution >= 0.6 is 0 Å². The Hall–Kier alpha value is -4.33. The van der Waals surface area contributed by atoms with Crippen LogP contribution in [0.2, 0.25) is 0 Å². The third kappa shape index (κ3) is 4.64. The predicted octanol–water partition coefficient (Wildman–Crippen LogP) is 4.56. The maximum atomic E-state index is 13.4. The molecule has 4 aromatic rings. The monoisotopic (exact) mass is 419 g/mol. The molecule has 6 nitrogen and oxygen atoms in total. The van der Waals surface area contributed by atoms with E-state index in [4.69, 9.17) is 4.74 Å². The molecule has 1 N–H and O–H groups in total. The Bertz CT molecular complexity index is 1300. The average Bonchev–Trinajstić information content (AvgIpc) is 2.76. The molecular weight excluding hydrogens is 404 g/mol. The standard InChI is InChI=1S/C23H15F2N3O3/c24-15-8-10-17(11-9-15)28-22(29)13-12-20(27-28)23(30)26-19-6-1-2-7-21(19)31-18-5-3-4-16(25)14-18/h1-14H,(H,26,30). The summed E-state index contributed by atoms with van der Waals surface area (Å²) in [6.07, 6.45) is 0. The van der Waals surface area contributed by atoms with Crippen molar-refractivity contribution >= 4 is 11.6 Å². The van der Waals surface area contributed by atoms with Gasteiger partial charge in [0.2, 0.25) is 0 Å². The van der Waals surface area contributed by atoms with E-state index in [9.17, 15) is 18.4 Å². The first-order valence-electron chi connectivity index (χ1n) is 9.20. The van der Waals surface area contributed by atoms with Crippen molar-refractivity contribution < 1.29 is 18.3 Å². The number of para-hydroxylation sites is 2. The second-order valence-corrected chi connectivity index (χ2v) is 6.45. The number of nitrogens with one attached hydrogen (secondary N) is 1. The molecule has 3 aromatic carbocycles. The molecule has 0 saturated carbocycles. The molecule has 1 amide bonds. The number of amides is 1. The fourth-order valence-corrected chi connectivity index (χ4v) is 2.80. The number of benzene rings is 3. The molecule has 1 heterocycles. The van der Waals surface area contributed by atoms with Crippen LogP contribution in [0.25, 0.3) is 5.69 Å². The van der Waals surface area contributed by atoms with Crippen LogP contribution in [0.15, 0.2) is 89.7 Å². The largest absolute Gasteiger partial charge is 0.455 e. The number of halogens is 2. The van der Waals surface area contributed by atoms with Crippen LogP contribution in [0.1, 0.15) is 10.5 Å². The predicted molar refractivity (Wildman–Crippen MR) is 111 cm³/mol. The first kappa shape index (κ1) is 20.0. The van der Waals surface area contributed by atoms with Gasteiger partial charge >= 0.3 is 0 Å². The van der Waals surface area contributed by atoms with E-state index >= 15 is 0 Å². The van der Waals surface area contributed by atoms with E-state index < -0.39 is 23.1 Å². The zero-order valence-corrected chi connectivity index (χ0v) is 16.0. The van der Waals surface area contributed by atoms with Crippen LogP contribution in [0.3, 0.4) is 0 Å². The molecule has 8 heteroatoms. The lowest BCUT2D eigenvalue weighted by molar-refractivity contribution is 0.102. The van der Waals surface area contributed by atoms with Crippen LogP contribution in [-0.4, -0.2) is 15.7 Å². The van der Waals surface area contributed by atoms with Gasteiger partial charge in [-0.25, -0.2) is 8.78 Å². The summed E-state index contributed by atoms with van der Waals surface area (Å²) >= 11 is 0. The second kappa shape index (κ2) is 8.58. The molecule has 0 spiro atoms. The number of nitrogens with zero attached hydrogens (tertiary/aromatic N) is 2. The Morgan fingerprint density at radius 3 is 2.42 bits per heavy atom. The van der Waals surface area contributed by atoms with E-state index in [0.717, 1.165) is 4.68 Å². The van der Waals surface area contributed by atoms with E-state index in [1.54, 1.807) is 30.3 Å². The molecule has 0 aliphatic carbocycles. The maximum Gasteiger partial charge on any atom is 0.276 e. The number of aromatic nitrogens is 2. The van der Waals surface area contributed by atoms with E-state index in [0.29, 0.717) is 17.1 Å². The van der Waals surface area contributed by atoms with Gasteiger partial charge in [-0.3, -0.25) is 9.59 Å². The Kier molecular flexibility index (Phi) is 5.53. The van der Waals surface area contributed by atoms with Crippen LogP contribution in [0.4, 0.5) is 14.5 Å². The van der Waals surface area contributed by atoms with Crippen LogP contribution in [-0.2, 0) is 0 Å².